The third-order valence-electron chi connectivity index (χ3n) is 4.90. The SMILES string of the molecule is CCOc1ccc([C@H]2C(C#N)=C(SCc3ccc(Br)cc3)NC(=O)[C@H]2C(=O)OC)cc1Cl. The van der Waals surface area contributed by atoms with Crippen molar-refractivity contribution in [1.82, 2.24) is 5.32 Å². The van der Waals surface area contributed by atoms with Gasteiger partial charge in [-0.25, -0.2) is 0 Å². The van der Waals surface area contributed by atoms with E-state index in [4.69, 9.17) is 21.1 Å². The van der Waals surface area contributed by atoms with E-state index in [1.54, 1.807) is 18.2 Å². The molecule has 1 amide bonds. The van der Waals surface area contributed by atoms with Crippen molar-refractivity contribution in [3.8, 4) is 11.8 Å². The molecule has 0 unspecified atom stereocenters. The smallest absolute Gasteiger partial charge is 0.319 e. The van der Waals surface area contributed by atoms with Gasteiger partial charge in [-0.2, -0.15) is 5.26 Å². The maximum absolute atomic E-state index is 12.9. The Hall–Kier alpha value is -2.47. The Bertz CT molecular complexity index is 1100. The molecular formula is C23H20BrClN2O4S. The molecule has 0 aromatic heterocycles. The first kappa shape index (κ1) is 24.2. The van der Waals surface area contributed by atoms with Gasteiger partial charge in [-0.15, -0.1) is 11.8 Å². The highest BCUT2D eigenvalue weighted by Gasteiger charge is 2.44. The van der Waals surface area contributed by atoms with Crippen molar-refractivity contribution in [2.24, 2.45) is 5.92 Å². The summed E-state index contributed by atoms with van der Waals surface area (Å²) in [6.45, 7) is 2.28. The minimum Gasteiger partial charge on any atom is -0.492 e. The zero-order valence-corrected chi connectivity index (χ0v) is 20.5. The molecule has 32 heavy (non-hydrogen) atoms. The highest BCUT2D eigenvalue weighted by Crippen LogP contribution is 2.42. The standard InChI is InChI=1S/C23H20BrClN2O4S/c1-3-31-18-9-6-14(10-17(18)25)19-16(11-26)22(27-21(28)20(19)23(29)30-2)32-12-13-4-7-15(24)8-5-13/h4-10,19-20H,3,12H2,1-2H3,(H,27,28)/t19-,20-/m0/s1. The molecule has 6 nitrogen and oxygen atoms in total. The molecule has 1 aliphatic heterocycles. The second kappa shape index (κ2) is 10.9. The average molecular weight is 536 g/mol. The predicted octanol–water partition coefficient (Wildman–Crippen LogP) is 5.17. The molecule has 166 valence electrons. The molecule has 0 bridgehead atoms. The fraction of sp³-hybridized carbons (Fsp3) is 0.261. The topological polar surface area (TPSA) is 88.4 Å². The van der Waals surface area contributed by atoms with Crippen LogP contribution in [-0.2, 0) is 20.1 Å². The summed E-state index contributed by atoms with van der Waals surface area (Å²) in [5.41, 5.74) is 1.86. The van der Waals surface area contributed by atoms with Crippen LogP contribution in [0.25, 0.3) is 0 Å². The van der Waals surface area contributed by atoms with E-state index in [0.29, 0.717) is 33.7 Å². The molecule has 0 saturated heterocycles. The van der Waals surface area contributed by atoms with Gasteiger partial charge in [0.1, 0.15) is 11.7 Å². The molecule has 1 heterocycles. The van der Waals surface area contributed by atoms with Gasteiger partial charge in [-0.1, -0.05) is 45.7 Å². The number of nitrogens with one attached hydrogen (secondary N) is 1. The number of carbonyl (C=O) groups excluding carboxylic acids is 2. The van der Waals surface area contributed by atoms with Crippen molar-refractivity contribution in [3.63, 3.8) is 0 Å². The lowest BCUT2D eigenvalue weighted by Gasteiger charge is -2.31. The van der Waals surface area contributed by atoms with Gasteiger partial charge in [0.2, 0.25) is 5.91 Å². The van der Waals surface area contributed by atoms with Gasteiger partial charge in [-0.3, -0.25) is 9.59 Å². The van der Waals surface area contributed by atoms with Crippen LogP contribution in [0.1, 0.15) is 24.0 Å². The zero-order chi connectivity index (χ0) is 23.3. The Balaban J connectivity index is 2.03. The number of hydrogen-bond acceptors (Lipinski definition) is 6. The lowest BCUT2D eigenvalue weighted by Crippen LogP contribution is -2.44. The minimum absolute atomic E-state index is 0.280. The van der Waals surface area contributed by atoms with Crippen molar-refractivity contribution in [2.75, 3.05) is 13.7 Å². The second-order valence-corrected chi connectivity index (χ2v) is 9.17. The fourth-order valence-corrected chi connectivity index (χ4v) is 4.91. The van der Waals surface area contributed by atoms with Gasteiger partial charge >= 0.3 is 5.97 Å². The number of benzene rings is 2. The van der Waals surface area contributed by atoms with E-state index >= 15 is 0 Å². The number of amides is 1. The Morgan fingerprint density at radius 3 is 2.59 bits per heavy atom. The number of rotatable bonds is 7. The van der Waals surface area contributed by atoms with Gasteiger partial charge in [0.25, 0.3) is 0 Å². The van der Waals surface area contributed by atoms with Gasteiger partial charge in [0, 0.05) is 16.1 Å². The number of hydrogen-bond donors (Lipinski definition) is 1. The van der Waals surface area contributed by atoms with Crippen LogP contribution in [0, 0.1) is 17.2 Å². The normalized spacial score (nSPS) is 18.0. The van der Waals surface area contributed by atoms with E-state index in [-0.39, 0.29) is 5.57 Å². The third kappa shape index (κ3) is 5.29. The van der Waals surface area contributed by atoms with Crippen LogP contribution >= 0.6 is 39.3 Å². The molecule has 2 aromatic carbocycles. The summed E-state index contributed by atoms with van der Waals surface area (Å²) < 4.78 is 11.3. The highest BCUT2D eigenvalue weighted by molar-refractivity contribution is 9.10. The molecular weight excluding hydrogens is 516 g/mol. The molecule has 2 aromatic rings. The maximum Gasteiger partial charge on any atom is 0.319 e. The summed E-state index contributed by atoms with van der Waals surface area (Å²) in [6.07, 6.45) is 0. The average Bonchev–Trinajstić information content (AvgIpc) is 2.79. The van der Waals surface area contributed by atoms with Gasteiger partial charge in [0.15, 0.2) is 0 Å². The Labute approximate surface area is 204 Å². The van der Waals surface area contributed by atoms with Gasteiger partial charge in [0.05, 0.1) is 35.4 Å². The van der Waals surface area contributed by atoms with E-state index in [1.807, 2.05) is 31.2 Å². The second-order valence-electron chi connectivity index (χ2n) is 6.86. The monoisotopic (exact) mass is 534 g/mol. The first-order chi connectivity index (χ1) is 15.4. The molecule has 1 N–H and O–H groups in total. The summed E-state index contributed by atoms with van der Waals surface area (Å²) in [5.74, 6) is -2.26. The lowest BCUT2D eigenvalue weighted by atomic mass is 9.78. The largest absolute Gasteiger partial charge is 0.492 e. The van der Waals surface area contributed by atoms with E-state index < -0.39 is 23.7 Å². The van der Waals surface area contributed by atoms with E-state index in [0.717, 1.165) is 10.0 Å². The molecule has 2 atom stereocenters. The van der Waals surface area contributed by atoms with Crippen LogP contribution in [0.3, 0.4) is 0 Å². The van der Waals surface area contributed by atoms with Crippen molar-refractivity contribution < 1.29 is 19.1 Å². The minimum atomic E-state index is -1.21. The third-order valence-corrected chi connectivity index (χ3v) is 6.81. The number of nitrogens with zero attached hydrogens (tertiary/aromatic N) is 1. The van der Waals surface area contributed by atoms with E-state index in [1.165, 1.54) is 18.9 Å². The number of methoxy groups -OCH3 is 1. The van der Waals surface area contributed by atoms with Gasteiger partial charge in [-0.05, 0) is 42.3 Å². The first-order valence-electron chi connectivity index (χ1n) is 9.72. The quantitative estimate of drug-likeness (QED) is 0.389. The van der Waals surface area contributed by atoms with Crippen LogP contribution in [0.2, 0.25) is 5.02 Å². The fourth-order valence-electron chi connectivity index (χ4n) is 3.40. The molecule has 0 fully saturated rings. The van der Waals surface area contributed by atoms with Crippen molar-refractivity contribution in [2.45, 2.75) is 18.6 Å². The maximum atomic E-state index is 12.9. The summed E-state index contributed by atoms with van der Waals surface area (Å²) in [5, 5.41) is 13.5. The summed E-state index contributed by atoms with van der Waals surface area (Å²) in [7, 11) is 1.21. The van der Waals surface area contributed by atoms with Crippen LogP contribution in [0.5, 0.6) is 5.75 Å². The van der Waals surface area contributed by atoms with Crippen LogP contribution in [0.15, 0.2) is 57.5 Å². The Morgan fingerprint density at radius 1 is 1.28 bits per heavy atom. The molecule has 9 heteroatoms. The van der Waals surface area contributed by atoms with Crippen molar-refractivity contribution in [3.05, 3.63) is 73.7 Å². The summed E-state index contributed by atoms with van der Waals surface area (Å²) >= 11 is 11.1. The molecule has 0 saturated carbocycles. The number of halogens is 2. The number of allylic oxidation sites excluding steroid dienone is 1. The molecule has 0 spiro atoms. The highest BCUT2D eigenvalue weighted by atomic mass is 79.9. The van der Waals surface area contributed by atoms with Crippen LogP contribution in [-0.4, -0.2) is 25.6 Å². The van der Waals surface area contributed by atoms with Crippen molar-refractivity contribution >= 4 is 51.2 Å². The molecule has 1 aliphatic rings. The molecule has 3 rings (SSSR count). The number of thioether (sulfide) groups is 1. The van der Waals surface area contributed by atoms with E-state index in [2.05, 4.69) is 27.3 Å². The molecule has 0 aliphatic carbocycles. The van der Waals surface area contributed by atoms with Crippen LogP contribution < -0.4 is 10.1 Å². The Kier molecular flexibility index (Phi) is 8.24. The van der Waals surface area contributed by atoms with Crippen LogP contribution in [0.4, 0.5) is 0 Å². The van der Waals surface area contributed by atoms with Gasteiger partial charge < -0.3 is 14.8 Å². The summed E-state index contributed by atoms with van der Waals surface area (Å²) in [6, 6.07) is 15.0. The number of nitriles is 1. The van der Waals surface area contributed by atoms with E-state index in [9.17, 15) is 14.9 Å². The van der Waals surface area contributed by atoms with Crippen molar-refractivity contribution in [1.29, 1.82) is 5.26 Å². The predicted molar refractivity (Wildman–Crippen MR) is 127 cm³/mol. The molecule has 0 radical (unpaired) electrons. The number of carbonyl (C=O) groups is 2. The summed E-state index contributed by atoms with van der Waals surface area (Å²) in [4.78, 5) is 25.4. The zero-order valence-electron chi connectivity index (χ0n) is 17.4. The number of ether oxygens (including phenoxy) is 2. The lowest BCUT2D eigenvalue weighted by molar-refractivity contribution is -0.150. The first-order valence-corrected chi connectivity index (χ1v) is 11.9. The number of esters is 1. The Morgan fingerprint density at radius 2 is 2.00 bits per heavy atom.